The zero-order valence-corrected chi connectivity index (χ0v) is 19.2. The highest BCUT2D eigenvalue weighted by Crippen LogP contribution is 2.26. The zero-order valence-electron chi connectivity index (χ0n) is 18.4. The summed E-state index contributed by atoms with van der Waals surface area (Å²) in [7, 11) is -1.50. The van der Waals surface area contributed by atoms with Crippen LogP contribution in [0, 0.1) is 13.8 Å². The quantitative estimate of drug-likeness (QED) is 0.638. The molecule has 3 rings (SSSR count). The standard InChI is InChI=1S/C22H32N4O3S/c1-5-14-30(27,28)26-12-10-25(11-13-26)22-20(15-19-8-6-17(2)7-9-19)21(16-29-4)23-18(3)24-22/h6-9H,5,10-16H2,1-4H3. The number of ether oxygens (including phenoxy) is 1. The number of aromatic nitrogens is 2. The molecule has 1 fully saturated rings. The minimum absolute atomic E-state index is 0.205. The van der Waals surface area contributed by atoms with Crippen molar-refractivity contribution in [2.75, 3.05) is 43.9 Å². The molecule has 0 saturated carbocycles. The van der Waals surface area contributed by atoms with Crippen LogP contribution in [0.3, 0.4) is 0 Å². The van der Waals surface area contributed by atoms with Crippen molar-refractivity contribution in [1.29, 1.82) is 0 Å². The molecule has 1 aliphatic rings. The highest BCUT2D eigenvalue weighted by atomic mass is 32.2. The SMILES string of the molecule is CCCS(=O)(=O)N1CCN(c2nc(C)nc(COC)c2Cc2ccc(C)cc2)CC1. The van der Waals surface area contributed by atoms with E-state index in [0.29, 0.717) is 51.5 Å². The van der Waals surface area contributed by atoms with Gasteiger partial charge in [0.05, 0.1) is 18.1 Å². The Kier molecular flexibility index (Phi) is 7.44. The summed E-state index contributed by atoms with van der Waals surface area (Å²) in [6, 6.07) is 8.48. The molecule has 2 aromatic rings. The number of aryl methyl sites for hydroxylation is 2. The van der Waals surface area contributed by atoms with Gasteiger partial charge in [0.25, 0.3) is 0 Å². The molecule has 1 aromatic heterocycles. The van der Waals surface area contributed by atoms with Crippen molar-refractivity contribution in [3.8, 4) is 0 Å². The van der Waals surface area contributed by atoms with Crippen molar-refractivity contribution in [1.82, 2.24) is 14.3 Å². The van der Waals surface area contributed by atoms with Gasteiger partial charge in [0.1, 0.15) is 11.6 Å². The molecule has 2 heterocycles. The van der Waals surface area contributed by atoms with Gasteiger partial charge in [0, 0.05) is 45.3 Å². The molecule has 0 spiro atoms. The average Bonchev–Trinajstić information content (AvgIpc) is 2.71. The van der Waals surface area contributed by atoms with Crippen LogP contribution in [0.15, 0.2) is 24.3 Å². The second-order valence-corrected chi connectivity index (χ2v) is 9.91. The molecule has 0 amide bonds. The van der Waals surface area contributed by atoms with E-state index in [1.54, 1.807) is 11.4 Å². The third-order valence-corrected chi connectivity index (χ3v) is 7.44. The van der Waals surface area contributed by atoms with Gasteiger partial charge in [0.15, 0.2) is 0 Å². The lowest BCUT2D eigenvalue weighted by molar-refractivity contribution is 0.180. The number of methoxy groups -OCH3 is 1. The molecule has 8 heteroatoms. The zero-order chi connectivity index (χ0) is 21.7. The lowest BCUT2D eigenvalue weighted by Crippen LogP contribution is -2.49. The molecule has 7 nitrogen and oxygen atoms in total. The van der Waals surface area contributed by atoms with Crippen LogP contribution >= 0.6 is 0 Å². The third kappa shape index (κ3) is 5.36. The molecule has 0 bridgehead atoms. The predicted octanol–water partition coefficient (Wildman–Crippen LogP) is 2.69. The summed E-state index contributed by atoms with van der Waals surface area (Å²) >= 11 is 0. The first-order valence-electron chi connectivity index (χ1n) is 10.5. The summed E-state index contributed by atoms with van der Waals surface area (Å²) in [5.41, 5.74) is 4.36. The van der Waals surface area contributed by atoms with Gasteiger partial charge in [0.2, 0.25) is 10.0 Å². The van der Waals surface area contributed by atoms with E-state index in [1.165, 1.54) is 11.1 Å². The molecule has 164 valence electrons. The first kappa shape index (κ1) is 22.7. The minimum Gasteiger partial charge on any atom is -0.378 e. The smallest absolute Gasteiger partial charge is 0.214 e. The fourth-order valence-corrected chi connectivity index (χ4v) is 5.31. The van der Waals surface area contributed by atoms with Crippen LogP contribution < -0.4 is 4.90 Å². The van der Waals surface area contributed by atoms with E-state index in [0.717, 1.165) is 17.1 Å². The van der Waals surface area contributed by atoms with Crippen LogP contribution in [0.1, 0.15) is 41.6 Å². The van der Waals surface area contributed by atoms with E-state index < -0.39 is 10.0 Å². The fraction of sp³-hybridized carbons (Fsp3) is 0.545. The van der Waals surface area contributed by atoms with E-state index in [9.17, 15) is 8.42 Å². The molecule has 0 aliphatic carbocycles. The Morgan fingerprint density at radius 1 is 1.03 bits per heavy atom. The van der Waals surface area contributed by atoms with Crippen molar-refractivity contribution in [3.05, 3.63) is 52.5 Å². The normalized spacial score (nSPS) is 15.5. The second-order valence-electron chi connectivity index (χ2n) is 7.82. The van der Waals surface area contributed by atoms with E-state index in [4.69, 9.17) is 9.72 Å². The molecule has 0 radical (unpaired) electrons. The first-order valence-corrected chi connectivity index (χ1v) is 12.1. The van der Waals surface area contributed by atoms with E-state index in [1.807, 2.05) is 13.8 Å². The van der Waals surface area contributed by atoms with Crippen molar-refractivity contribution in [2.45, 2.75) is 40.2 Å². The number of anilines is 1. The summed E-state index contributed by atoms with van der Waals surface area (Å²) in [5.74, 6) is 1.80. The van der Waals surface area contributed by atoms with Gasteiger partial charge < -0.3 is 9.64 Å². The number of sulfonamides is 1. The number of piperazine rings is 1. The largest absolute Gasteiger partial charge is 0.378 e. The maximum Gasteiger partial charge on any atom is 0.214 e. The summed E-state index contributed by atoms with van der Waals surface area (Å²) in [6.07, 6.45) is 1.34. The number of rotatable bonds is 8. The topological polar surface area (TPSA) is 75.6 Å². The molecule has 1 aromatic carbocycles. The minimum atomic E-state index is -3.17. The van der Waals surface area contributed by atoms with Gasteiger partial charge in [-0.1, -0.05) is 36.8 Å². The van der Waals surface area contributed by atoms with Crippen LogP contribution in [0.5, 0.6) is 0 Å². The van der Waals surface area contributed by atoms with Crippen LogP contribution in [0.2, 0.25) is 0 Å². The average molecular weight is 433 g/mol. The maximum absolute atomic E-state index is 12.4. The first-order chi connectivity index (χ1) is 14.3. The summed E-state index contributed by atoms with van der Waals surface area (Å²) in [5, 5.41) is 0. The maximum atomic E-state index is 12.4. The Morgan fingerprint density at radius 3 is 2.30 bits per heavy atom. The van der Waals surface area contributed by atoms with Gasteiger partial charge in [-0.2, -0.15) is 4.31 Å². The van der Waals surface area contributed by atoms with Gasteiger partial charge in [-0.25, -0.2) is 18.4 Å². The van der Waals surface area contributed by atoms with E-state index >= 15 is 0 Å². The molecule has 0 N–H and O–H groups in total. The third-order valence-electron chi connectivity index (χ3n) is 5.36. The Labute approximate surface area is 180 Å². The van der Waals surface area contributed by atoms with Gasteiger partial charge in [-0.05, 0) is 25.8 Å². The van der Waals surface area contributed by atoms with Crippen LogP contribution in [0.4, 0.5) is 5.82 Å². The van der Waals surface area contributed by atoms with E-state index in [2.05, 4.69) is 41.1 Å². The number of hydrogen-bond donors (Lipinski definition) is 0. The van der Waals surface area contributed by atoms with Crippen LogP contribution in [-0.4, -0.2) is 61.7 Å². The fourth-order valence-electron chi connectivity index (χ4n) is 3.81. The molecule has 30 heavy (non-hydrogen) atoms. The number of benzene rings is 1. The number of hydrogen-bond acceptors (Lipinski definition) is 6. The summed E-state index contributed by atoms with van der Waals surface area (Å²) in [6.45, 7) is 8.48. The Morgan fingerprint density at radius 2 is 1.70 bits per heavy atom. The van der Waals surface area contributed by atoms with Crippen LogP contribution in [-0.2, 0) is 27.8 Å². The summed E-state index contributed by atoms with van der Waals surface area (Å²) in [4.78, 5) is 11.6. The Bertz CT molecular complexity index is 953. The Hall–Kier alpha value is -2.03. The highest BCUT2D eigenvalue weighted by molar-refractivity contribution is 7.89. The molecule has 0 atom stereocenters. The van der Waals surface area contributed by atoms with Gasteiger partial charge >= 0.3 is 0 Å². The lowest BCUT2D eigenvalue weighted by Gasteiger charge is -2.36. The monoisotopic (exact) mass is 432 g/mol. The van der Waals surface area contributed by atoms with Crippen molar-refractivity contribution < 1.29 is 13.2 Å². The van der Waals surface area contributed by atoms with Gasteiger partial charge in [-0.3, -0.25) is 0 Å². The lowest BCUT2D eigenvalue weighted by atomic mass is 10.0. The van der Waals surface area contributed by atoms with Crippen molar-refractivity contribution >= 4 is 15.8 Å². The predicted molar refractivity (Wildman–Crippen MR) is 119 cm³/mol. The highest BCUT2D eigenvalue weighted by Gasteiger charge is 2.28. The number of nitrogens with zero attached hydrogens (tertiary/aromatic N) is 4. The molecular weight excluding hydrogens is 400 g/mol. The van der Waals surface area contributed by atoms with E-state index in [-0.39, 0.29) is 5.75 Å². The second kappa shape index (κ2) is 9.85. The summed E-state index contributed by atoms with van der Waals surface area (Å²) < 4.78 is 31.9. The molecular formula is C22H32N4O3S. The van der Waals surface area contributed by atoms with Gasteiger partial charge in [-0.15, -0.1) is 0 Å². The molecule has 1 saturated heterocycles. The van der Waals surface area contributed by atoms with Crippen molar-refractivity contribution in [3.63, 3.8) is 0 Å². The Balaban J connectivity index is 1.89. The van der Waals surface area contributed by atoms with Crippen molar-refractivity contribution in [2.24, 2.45) is 0 Å². The van der Waals surface area contributed by atoms with Crippen LogP contribution in [0.25, 0.3) is 0 Å². The molecule has 1 aliphatic heterocycles. The molecule has 0 unspecified atom stereocenters.